The lowest BCUT2D eigenvalue weighted by Crippen LogP contribution is -2.12. The number of nitrogens with one attached hydrogen (secondary N) is 1. The number of phenolic OH excluding ortho intramolecular Hbond substituents is 1. The molecule has 0 fully saturated rings. The zero-order chi connectivity index (χ0) is 17.9. The molecule has 0 unspecified atom stereocenters. The third-order valence-corrected chi connectivity index (χ3v) is 5.42. The summed E-state index contributed by atoms with van der Waals surface area (Å²) in [5.74, 6) is -0.482. The van der Waals surface area contributed by atoms with Crippen LogP contribution in [0.25, 0.3) is 0 Å². The Bertz CT molecular complexity index is 997. The number of phenols is 1. The molecule has 25 heavy (non-hydrogen) atoms. The number of benzene rings is 3. The summed E-state index contributed by atoms with van der Waals surface area (Å²) in [5.41, 5.74) is 0.573. The second-order valence-electron chi connectivity index (χ2n) is 5.31. The smallest absolute Gasteiger partial charge is 0.255 e. The lowest BCUT2D eigenvalue weighted by atomic mass is 10.2. The first kappa shape index (κ1) is 16.7. The average molecular weight is 353 g/mol. The highest BCUT2D eigenvalue weighted by Crippen LogP contribution is 2.23. The van der Waals surface area contributed by atoms with Crippen molar-refractivity contribution < 1.29 is 18.3 Å². The number of para-hydroxylation sites is 2. The van der Waals surface area contributed by atoms with E-state index in [1.165, 1.54) is 42.5 Å². The van der Waals surface area contributed by atoms with E-state index < -0.39 is 15.7 Å². The van der Waals surface area contributed by atoms with Crippen LogP contribution < -0.4 is 5.32 Å². The first-order valence-electron chi connectivity index (χ1n) is 7.48. The number of hydrogen-bond acceptors (Lipinski definition) is 4. The van der Waals surface area contributed by atoms with Gasteiger partial charge in [0.25, 0.3) is 5.91 Å². The van der Waals surface area contributed by atoms with Gasteiger partial charge in [-0.25, -0.2) is 8.42 Å². The van der Waals surface area contributed by atoms with E-state index in [1.54, 1.807) is 36.4 Å². The lowest BCUT2D eigenvalue weighted by molar-refractivity contribution is 0.102. The van der Waals surface area contributed by atoms with Gasteiger partial charge in [-0.05, 0) is 48.5 Å². The summed E-state index contributed by atoms with van der Waals surface area (Å²) in [6, 6.07) is 20.1. The maximum atomic E-state index is 12.5. The zero-order valence-electron chi connectivity index (χ0n) is 13.1. The summed E-state index contributed by atoms with van der Waals surface area (Å²) in [7, 11) is -3.62. The van der Waals surface area contributed by atoms with Crippen LogP contribution in [0, 0.1) is 0 Å². The normalized spacial score (nSPS) is 11.0. The molecule has 5 nitrogen and oxygen atoms in total. The molecular formula is C19H15NO4S. The molecule has 0 atom stereocenters. The van der Waals surface area contributed by atoms with Crippen molar-refractivity contribution in [3.05, 3.63) is 84.4 Å². The van der Waals surface area contributed by atoms with Crippen molar-refractivity contribution >= 4 is 21.4 Å². The van der Waals surface area contributed by atoms with Gasteiger partial charge in [0.05, 0.1) is 15.5 Å². The van der Waals surface area contributed by atoms with Crippen molar-refractivity contribution in [1.82, 2.24) is 0 Å². The van der Waals surface area contributed by atoms with Crippen LogP contribution in [0.1, 0.15) is 10.4 Å². The summed E-state index contributed by atoms with van der Waals surface area (Å²) in [4.78, 5) is 12.5. The van der Waals surface area contributed by atoms with Crippen molar-refractivity contribution in [2.45, 2.75) is 9.79 Å². The van der Waals surface area contributed by atoms with E-state index in [4.69, 9.17) is 0 Å². The maximum absolute atomic E-state index is 12.5. The molecule has 0 saturated carbocycles. The molecule has 0 aliphatic heterocycles. The van der Waals surface area contributed by atoms with Gasteiger partial charge in [-0.2, -0.15) is 0 Å². The number of anilines is 1. The van der Waals surface area contributed by atoms with Crippen molar-refractivity contribution in [2.24, 2.45) is 0 Å². The first-order chi connectivity index (χ1) is 12.0. The van der Waals surface area contributed by atoms with Gasteiger partial charge >= 0.3 is 0 Å². The minimum absolute atomic E-state index is 0.0425. The van der Waals surface area contributed by atoms with E-state index >= 15 is 0 Å². The van der Waals surface area contributed by atoms with E-state index in [2.05, 4.69) is 5.32 Å². The first-order valence-corrected chi connectivity index (χ1v) is 8.96. The van der Waals surface area contributed by atoms with Gasteiger partial charge < -0.3 is 10.4 Å². The van der Waals surface area contributed by atoms with Gasteiger partial charge in [0.15, 0.2) is 0 Å². The molecule has 126 valence electrons. The number of amides is 1. The van der Waals surface area contributed by atoms with E-state index in [-0.39, 0.29) is 26.8 Å². The van der Waals surface area contributed by atoms with Gasteiger partial charge in [-0.15, -0.1) is 0 Å². The molecule has 0 bridgehead atoms. The van der Waals surface area contributed by atoms with Gasteiger partial charge in [-0.3, -0.25) is 4.79 Å². The van der Waals surface area contributed by atoms with Crippen LogP contribution in [0.5, 0.6) is 5.75 Å². The highest BCUT2D eigenvalue weighted by Gasteiger charge is 2.18. The Morgan fingerprint density at radius 2 is 1.32 bits per heavy atom. The monoisotopic (exact) mass is 353 g/mol. The van der Waals surface area contributed by atoms with Gasteiger partial charge in [0.1, 0.15) is 5.75 Å². The number of aromatic hydroxyl groups is 1. The molecular weight excluding hydrogens is 338 g/mol. The number of rotatable bonds is 4. The van der Waals surface area contributed by atoms with Crippen LogP contribution >= 0.6 is 0 Å². The summed E-state index contributed by atoms with van der Waals surface area (Å²) in [6.07, 6.45) is 0. The largest absolute Gasteiger partial charge is 0.506 e. The third kappa shape index (κ3) is 3.54. The Balaban J connectivity index is 1.83. The Kier molecular flexibility index (Phi) is 4.54. The molecule has 0 spiro atoms. The van der Waals surface area contributed by atoms with Crippen LogP contribution in [0.2, 0.25) is 0 Å². The fourth-order valence-electron chi connectivity index (χ4n) is 2.30. The van der Waals surface area contributed by atoms with Crippen molar-refractivity contribution in [2.75, 3.05) is 5.32 Å². The molecule has 0 radical (unpaired) electrons. The highest BCUT2D eigenvalue weighted by atomic mass is 32.2. The fraction of sp³-hybridized carbons (Fsp3) is 0. The van der Waals surface area contributed by atoms with E-state index in [1.807, 2.05) is 0 Å². The second kappa shape index (κ2) is 6.78. The van der Waals surface area contributed by atoms with E-state index in [0.29, 0.717) is 0 Å². The summed E-state index contributed by atoms with van der Waals surface area (Å²) in [6.45, 7) is 0. The summed E-state index contributed by atoms with van der Waals surface area (Å²) in [5, 5.41) is 12.3. The van der Waals surface area contributed by atoms with Gasteiger partial charge in [-0.1, -0.05) is 30.3 Å². The van der Waals surface area contributed by atoms with E-state index in [9.17, 15) is 18.3 Å². The van der Waals surface area contributed by atoms with Crippen LogP contribution in [0.4, 0.5) is 5.69 Å². The van der Waals surface area contributed by atoms with Crippen LogP contribution in [-0.4, -0.2) is 19.4 Å². The lowest BCUT2D eigenvalue weighted by Gasteiger charge is -2.08. The number of carbonyl (C=O) groups is 1. The minimum atomic E-state index is -3.62. The topological polar surface area (TPSA) is 83.5 Å². The van der Waals surface area contributed by atoms with Crippen molar-refractivity contribution in [1.29, 1.82) is 0 Å². The molecule has 0 heterocycles. The summed E-state index contributed by atoms with van der Waals surface area (Å²) >= 11 is 0. The number of hydrogen-bond donors (Lipinski definition) is 2. The molecule has 2 N–H and O–H groups in total. The summed E-state index contributed by atoms with van der Waals surface area (Å²) < 4.78 is 25.0. The zero-order valence-corrected chi connectivity index (χ0v) is 13.9. The second-order valence-corrected chi connectivity index (χ2v) is 7.26. The molecule has 1 amide bonds. The molecule has 3 aromatic rings. The van der Waals surface area contributed by atoms with Gasteiger partial charge in [0.2, 0.25) is 9.84 Å². The van der Waals surface area contributed by atoms with Crippen LogP contribution in [-0.2, 0) is 9.84 Å². The Morgan fingerprint density at radius 1 is 0.760 bits per heavy atom. The molecule has 6 heteroatoms. The predicted molar refractivity (Wildman–Crippen MR) is 94.4 cm³/mol. The molecule has 0 aromatic heterocycles. The Morgan fingerprint density at radius 3 is 1.96 bits per heavy atom. The number of sulfone groups is 1. The fourth-order valence-corrected chi connectivity index (χ4v) is 3.58. The van der Waals surface area contributed by atoms with Gasteiger partial charge in [0, 0.05) is 5.56 Å². The van der Waals surface area contributed by atoms with Crippen LogP contribution in [0.3, 0.4) is 0 Å². The van der Waals surface area contributed by atoms with Crippen LogP contribution in [0.15, 0.2) is 88.7 Å². The Hall–Kier alpha value is -3.12. The standard InChI is InChI=1S/C19H15NO4S/c21-18-9-5-4-8-17(18)20-19(22)14-10-12-16(13-11-14)25(23,24)15-6-2-1-3-7-15/h1-13,21H,(H,20,22). The third-order valence-electron chi connectivity index (χ3n) is 3.63. The molecule has 3 rings (SSSR count). The van der Waals surface area contributed by atoms with E-state index in [0.717, 1.165) is 0 Å². The molecule has 0 saturated heterocycles. The quantitative estimate of drug-likeness (QED) is 0.704. The highest BCUT2D eigenvalue weighted by molar-refractivity contribution is 7.91. The molecule has 3 aromatic carbocycles. The minimum Gasteiger partial charge on any atom is -0.506 e. The number of carbonyl (C=O) groups excluding carboxylic acids is 1. The van der Waals surface area contributed by atoms with Crippen molar-refractivity contribution in [3.8, 4) is 5.75 Å². The SMILES string of the molecule is O=C(Nc1ccccc1O)c1ccc(S(=O)(=O)c2ccccc2)cc1. The predicted octanol–water partition coefficient (Wildman–Crippen LogP) is 3.48. The van der Waals surface area contributed by atoms with Crippen molar-refractivity contribution in [3.63, 3.8) is 0 Å². The average Bonchev–Trinajstić information content (AvgIpc) is 2.64. The molecule has 0 aliphatic rings. The molecule has 0 aliphatic carbocycles. The Labute approximate surface area is 145 Å². The maximum Gasteiger partial charge on any atom is 0.255 e.